The van der Waals surface area contributed by atoms with Crippen LogP contribution in [-0.4, -0.2) is 35.5 Å². The Bertz CT molecular complexity index is 529. The van der Waals surface area contributed by atoms with Crippen LogP contribution in [0.4, 0.5) is 0 Å². The first-order valence-corrected chi connectivity index (χ1v) is 8.19. The first-order valence-electron chi connectivity index (χ1n) is 8.19. The summed E-state index contributed by atoms with van der Waals surface area (Å²) in [5, 5.41) is 18.7. The highest BCUT2D eigenvalue weighted by molar-refractivity contribution is 5.79. The van der Waals surface area contributed by atoms with Crippen LogP contribution in [0.3, 0.4) is 0 Å². The monoisotopic (exact) mass is 318 g/mol. The molecule has 0 aromatic heterocycles. The van der Waals surface area contributed by atoms with E-state index >= 15 is 0 Å². The van der Waals surface area contributed by atoms with Crippen LogP contribution in [-0.2, 0) is 9.53 Å². The Hall–Kier alpha value is -1.65. The van der Waals surface area contributed by atoms with E-state index in [1.54, 1.807) is 7.11 Å². The Morgan fingerprint density at radius 1 is 1.43 bits per heavy atom. The molecule has 2 rings (SSSR count). The third-order valence-corrected chi connectivity index (χ3v) is 4.83. The maximum absolute atomic E-state index is 10.5. The fourth-order valence-corrected chi connectivity index (χ4v) is 3.58. The average Bonchev–Trinajstić information content (AvgIpc) is 2.53. The molecular weight excluding hydrogens is 292 g/mol. The largest absolute Gasteiger partial charge is 0.478 e. The molecule has 2 N–H and O–H groups in total. The molecule has 4 nitrogen and oxygen atoms in total. The minimum absolute atomic E-state index is 0.0800. The number of aliphatic hydroxyl groups is 1. The molecule has 0 amide bonds. The van der Waals surface area contributed by atoms with Crippen LogP contribution in [0.1, 0.15) is 26.2 Å². The number of allylic oxidation sites excluding steroid dienone is 4. The highest BCUT2D eigenvalue weighted by Gasteiger charge is 2.36. The highest BCUT2D eigenvalue weighted by atomic mass is 16.5. The van der Waals surface area contributed by atoms with Crippen molar-refractivity contribution in [3.63, 3.8) is 0 Å². The van der Waals surface area contributed by atoms with Gasteiger partial charge in [-0.2, -0.15) is 0 Å². The Kier molecular flexibility index (Phi) is 6.37. The third kappa shape index (κ3) is 4.66. The number of rotatable bonds is 7. The van der Waals surface area contributed by atoms with Crippen LogP contribution in [0.25, 0.3) is 0 Å². The van der Waals surface area contributed by atoms with E-state index in [2.05, 4.69) is 31.2 Å². The van der Waals surface area contributed by atoms with Gasteiger partial charge in [0, 0.05) is 19.1 Å². The molecule has 0 aromatic carbocycles. The lowest BCUT2D eigenvalue weighted by Crippen LogP contribution is -2.36. The zero-order valence-corrected chi connectivity index (χ0v) is 13.8. The van der Waals surface area contributed by atoms with Crippen LogP contribution in [0.2, 0.25) is 0 Å². The summed E-state index contributed by atoms with van der Waals surface area (Å²) in [6.07, 6.45) is 14.8. The Morgan fingerprint density at radius 3 is 2.91 bits per heavy atom. The van der Waals surface area contributed by atoms with Crippen molar-refractivity contribution in [1.82, 2.24) is 0 Å². The van der Waals surface area contributed by atoms with Crippen molar-refractivity contribution in [2.24, 2.45) is 17.8 Å². The lowest BCUT2D eigenvalue weighted by Gasteiger charge is -2.40. The first kappa shape index (κ1) is 17.7. The summed E-state index contributed by atoms with van der Waals surface area (Å²) in [5.74, 6) is 0.198. The van der Waals surface area contributed by atoms with Crippen LogP contribution in [0.5, 0.6) is 0 Å². The molecule has 5 atom stereocenters. The van der Waals surface area contributed by atoms with Gasteiger partial charge in [0.15, 0.2) is 0 Å². The second kappa shape index (κ2) is 8.27. The minimum Gasteiger partial charge on any atom is -0.478 e. The predicted molar refractivity (Wildman–Crippen MR) is 89.9 cm³/mol. The number of aliphatic carboxylic acids is 1. The molecule has 23 heavy (non-hydrogen) atoms. The van der Waals surface area contributed by atoms with Crippen LogP contribution in [0.15, 0.2) is 48.1 Å². The van der Waals surface area contributed by atoms with Crippen molar-refractivity contribution in [2.75, 3.05) is 7.11 Å². The second-order valence-electron chi connectivity index (χ2n) is 6.37. The molecule has 0 saturated heterocycles. The SMILES string of the molecule is COC1C=CC=C2C=C[C@H](C)[C@H](CC[C@@H](O)C/C=C\C(=O)O)C21. The first-order chi connectivity index (χ1) is 11.0. The van der Waals surface area contributed by atoms with E-state index in [1.807, 2.05) is 6.08 Å². The van der Waals surface area contributed by atoms with Crippen molar-refractivity contribution in [3.05, 3.63) is 48.1 Å². The van der Waals surface area contributed by atoms with Gasteiger partial charge in [-0.05, 0) is 36.7 Å². The lowest BCUT2D eigenvalue weighted by atomic mass is 9.68. The Morgan fingerprint density at radius 2 is 2.22 bits per heavy atom. The van der Waals surface area contributed by atoms with E-state index in [0.717, 1.165) is 12.5 Å². The summed E-state index contributed by atoms with van der Waals surface area (Å²) in [6, 6.07) is 0. The third-order valence-electron chi connectivity index (χ3n) is 4.83. The van der Waals surface area contributed by atoms with Gasteiger partial charge in [0.05, 0.1) is 12.2 Å². The normalized spacial score (nSPS) is 31.0. The number of carboxylic acid groups (broad SMARTS) is 1. The summed E-state index contributed by atoms with van der Waals surface area (Å²) < 4.78 is 5.64. The van der Waals surface area contributed by atoms with Crippen LogP contribution >= 0.6 is 0 Å². The average molecular weight is 318 g/mol. The number of aliphatic hydroxyl groups excluding tert-OH is 1. The molecule has 126 valence electrons. The molecule has 2 aliphatic rings. The number of carboxylic acids is 1. The van der Waals surface area contributed by atoms with Gasteiger partial charge in [-0.15, -0.1) is 0 Å². The van der Waals surface area contributed by atoms with Gasteiger partial charge < -0.3 is 14.9 Å². The highest BCUT2D eigenvalue weighted by Crippen LogP contribution is 2.41. The summed E-state index contributed by atoms with van der Waals surface area (Å²) in [5.41, 5.74) is 1.29. The van der Waals surface area contributed by atoms with Crippen molar-refractivity contribution in [2.45, 2.75) is 38.4 Å². The molecule has 0 saturated carbocycles. The van der Waals surface area contributed by atoms with Gasteiger partial charge in [0.2, 0.25) is 0 Å². The molecule has 0 aromatic rings. The number of hydrogen-bond donors (Lipinski definition) is 2. The summed E-state index contributed by atoms with van der Waals surface area (Å²) in [4.78, 5) is 10.5. The van der Waals surface area contributed by atoms with Gasteiger partial charge in [0.25, 0.3) is 0 Å². The van der Waals surface area contributed by atoms with Crippen molar-refractivity contribution >= 4 is 5.97 Å². The van der Waals surface area contributed by atoms with Gasteiger partial charge in [-0.25, -0.2) is 4.79 Å². The minimum atomic E-state index is -0.977. The van der Waals surface area contributed by atoms with Crippen LogP contribution in [0, 0.1) is 17.8 Å². The number of methoxy groups -OCH3 is 1. The van der Waals surface area contributed by atoms with Gasteiger partial charge in [-0.3, -0.25) is 0 Å². The zero-order chi connectivity index (χ0) is 16.8. The van der Waals surface area contributed by atoms with E-state index in [0.29, 0.717) is 30.6 Å². The smallest absolute Gasteiger partial charge is 0.327 e. The van der Waals surface area contributed by atoms with E-state index < -0.39 is 12.1 Å². The van der Waals surface area contributed by atoms with Crippen molar-refractivity contribution in [3.8, 4) is 0 Å². The van der Waals surface area contributed by atoms with Gasteiger partial charge >= 0.3 is 5.97 Å². The summed E-state index contributed by atoms with van der Waals surface area (Å²) in [6.45, 7) is 2.21. The van der Waals surface area contributed by atoms with E-state index in [1.165, 1.54) is 11.6 Å². The molecule has 0 radical (unpaired) electrons. The molecular formula is C19H26O4. The molecule has 2 aliphatic carbocycles. The van der Waals surface area contributed by atoms with Crippen LogP contribution < -0.4 is 0 Å². The Labute approximate surface area is 137 Å². The lowest BCUT2D eigenvalue weighted by molar-refractivity contribution is -0.131. The number of carbonyl (C=O) groups is 1. The van der Waals surface area contributed by atoms with E-state index in [-0.39, 0.29) is 6.10 Å². The van der Waals surface area contributed by atoms with E-state index in [4.69, 9.17) is 9.84 Å². The molecule has 0 heterocycles. The van der Waals surface area contributed by atoms with Gasteiger partial charge in [-0.1, -0.05) is 43.4 Å². The fourth-order valence-electron chi connectivity index (χ4n) is 3.58. The maximum Gasteiger partial charge on any atom is 0.327 e. The topological polar surface area (TPSA) is 66.8 Å². The molecule has 4 heteroatoms. The predicted octanol–water partition coefficient (Wildman–Crippen LogP) is 3.11. The van der Waals surface area contributed by atoms with Gasteiger partial charge in [0.1, 0.15) is 0 Å². The quantitative estimate of drug-likeness (QED) is 0.708. The fraction of sp³-hybridized carbons (Fsp3) is 0.526. The zero-order valence-electron chi connectivity index (χ0n) is 13.8. The van der Waals surface area contributed by atoms with E-state index in [9.17, 15) is 9.90 Å². The second-order valence-corrected chi connectivity index (χ2v) is 6.37. The standard InChI is InChI=1S/C19H26O4/c1-13-9-10-14-5-3-7-17(23-2)19(14)16(13)12-11-15(20)6-4-8-18(21)22/h3-5,7-10,13,15-17,19-20H,6,11-12H2,1-2H3,(H,21,22)/b8-4-/t13-,15-,16-,17?,19?/m0/s1. The molecule has 0 spiro atoms. The molecule has 0 bridgehead atoms. The summed E-state index contributed by atoms with van der Waals surface area (Å²) in [7, 11) is 1.74. The van der Waals surface area contributed by atoms with Crippen molar-refractivity contribution in [1.29, 1.82) is 0 Å². The molecule has 2 unspecified atom stereocenters. The number of ether oxygens (including phenoxy) is 1. The number of fused-ring (bicyclic) bond motifs is 1. The summed E-state index contributed by atoms with van der Waals surface area (Å²) >= 11 is 0. The van der Waals surface area contributed by atoms with Crippen molar-refractivity contribution < 1.29 is 19.7 Å². The molecule has 0 fully saturated rings. The Balaban J connectivity index is 1.97. The molecule has 0 aliphatic heterocycles. The maximum atomic E-state index is 10.5. The number of hydrogen-bond acceptors (Lipinski definition) is 3.